The zero-order chi connectivity index (χ0) is 21.8. The summed E-state index contributed by atoms with van der Waals surface area (Å²) in [6, 6.07) is 0. The van der Waals surface area contributed by atoms with Crippen LogP contribution in [0.25, 0.3) is 0 Å². The first-order valence-corrected chi connectivity index (χ1v) is 15.9. The highest BCUT2D eigenvalue weighted by atomic mass is 28.4. The van der Waals surface area contributed by atoms with Gasteiger partial charge in [0.05, 0.1) is 6.10 Å². The van der Waals surface area contributed by atoms with Gasteiger partial charge in [0.1, 0.15) is 0 Å². The molecule has 0 aromatic heterocycles. The van der Waals surface area contributed by atoms with Crippen LogP contribution in [0.5, 0.6) is 0 Å². The molecule has 0 radical (unpaired) electrons. The molecule has 0 fully saturated rings. The van der Waals surface area contributed by atoms with Crippen LogP contribution in [-0.2, 0) is 13.6 Å². The van der Waals surface area contributed by atoms with Gasteiger partial charge in [-0.15, -0.1) is 0 Å². The minimum Gasteiger partial charge on any atom is -0.478 e. The van der Waals surface area contributed by atoms with E-state index in [0.717, 1.165) is 6.42 Å². The van der Waals surface area contributed by atoms with E-state index in [1.165, 1.54) is 0 Å². The fraction of sp³-hybridized carbons (Fsp3) is 0.857. The third-order valence-electron chi connectivity index (χ3n) is 6.19. The van der Waals surface area contributed by atoms with Crippen molar-refractivity contribution in [2.24, 2.45) is 0 Å². The van der Waals surface area contributed by atoms with Gasteiger partial charge in [0.25, 0.3) is 0 Å². The monoisotopic (exact) mass is 416 g/mol. The van der Waals surface area contributed by atoms with Crippen LogP contribution in [0.1, 0.15) is 68.2 Å². The van der Waals surface area contributed by atoms with E-state index >= 15 is 0 Å². The third kappa shape index (κ3) is 8.63. The van der Waals surface area contributed by atoms with Crippen molar-refractivity contribution in [1.82, 2.24) is 0 Å². The van der Waals surface area contributed by atoms with E-state index in [0.29, 0.717) is 12.0 Å². The Bertz CT molecular complexity index is 525. The van der Waals surface area contributed by atoms with Crippen molar-refractivity contribution >= 4 is 22.6 Å². The van der Waals surface area contributed by atoms with Crippen molar-refractivity contribution in [2.45, 2.75) is 117 Å². The molecular weight excluding hydrogens is 372 g/mol. The Balaban J connectivity index is 5.36. The summed E-state index contributed by atoms with van der Waals surface area (Å²) >= 11 is 0. The van der Waals surface area contributed by atoms with E-state index in [9.17, 15) is 4.79 Å². The minimum absolute atomic E-state index is 0.0278. The summed E-state index contributed by atoms with van der Waals surface area (Å²) in [5, 5.41) is 9.44. The first-order valence-electron chi connectivity index (χ1n) is 10.1. The SMILES string of the molecule is C/C(=C\CC(CC(C)O[Si](C)(C)C(C)(C)C)O[Si](C)(C)C(C)(C)C)C(=O)O. The maximum atomic E-state index is 11.2. The van der Waals surface area contributed by atoms with E-state index in [-0.39, 0.29) is 22.3 Å². The second kappa shape index (κ2) is 9.37. The molecule has 160 valence electrons. The van der Waals surface area contributed by atoms with Crippen LogP contribution >= 0.6 is 0 Å². The van der Waals surface area contributed by atoms with Gasteiger partial charge < -0.3 is 14.0 Å². The molecule has 0 saturated heterocycles. The molecule has 0 rings (SSSR count). The molecule has 1 N–H and O–H groups in total. The normalized spacial score (nSPS) is 17.0. The number of hydrogen-bond acceptors (Lipinski definition) is 3. The highest BCUT2D eigenvalue weighted by molar-refractivity contribution is 6.74. The minimum atomic E-state index is -1.95. The quantitative estimate of drug-likeness (QED) is 0.340. The van der Waals surface area contributed by atoms with Gasteiger partial charge in [-0.2, -0.15) is 0 Å². The van der Waals surface area contributed by atoms with Crippen LogP contribution in [0, 0.1) is 0 Å². The Labute approximate surface area is 170 Å². The molecule has 0 aliphatic carbocycles. The van der Waals surface area contributed by atoms with E-state index < -0.39 is 22.6 Å². The van der Waals surface area contributed by atoms with Crippen LogP contribution < -0.4 is 0 Å². The van der Waals surface area contributed by atoms with Crippen LogP contribution in [0.3, 0.4) is 0 Å². The van der Waals surface area contributed by atoms with Gasteiger partial charge in [-0.25, -0.2) is 4.79 Å². The van der Waals surface area contributed by atoms with Crippen molar-refractivity contribution in [3.63, 3.8) is 0 Å². The summed E-state index contributed by atoms with van der Waals surface area (Å²) < 4.78 is 13.2. The smallest absolute Gasteiger partial charge is 0.330 e. The van der Waals surface area contributed by atoms with E-state index in [1.54, 1.807) is 13.0 Å². The lowest BCUT2D eigenvalue weighted by Gasteiger charge is -2.42. The molecule has 0 aromatic rings. The van der Waals surface area contributed by atoms with Crippen molar-refractivity contribution in [2.75, 3.05) is 0 Å². The molecule has 6 heteroatoms. The number of rotatable bonds is 9. The molecule has 0 aliphatic heterocycles. The molecule has 2 atom stereocenters. The number of carboxylic acid groups (broad SMARTS) is 1. The molecule has 2 unspecified atom stereocenters. The predicted octanol–water partition coefficient (Wildman–Crippen LogP) is 6.60. The summed E-state index contributed by atoms with van der Waals surface area (Å²) in [6.45, 7) is 26.2. The molecule has 0 amide bonds. The molecule has 4 nitrogen and oxygen atoms in total. The zero-order valence-electron chi connectivity index (χ0n) is 19.8. The second-order valence-electron chi connectivity index (χ2n) is 10.9. The fourth-order valence-electron chi connectivity index (χ4n) is 2.28. The zero-order valence-corrected chi connectivity index (χ0v) is 21.8. The van der Waals surface area contributed by atoms with Crippen molar-refractivity contribution in [1.29, 1.82) is 0 Å². The third-order valence-corrected chi connectivity index (χ3v) is 15.3. The topological polar surface area (TPSA) is 55.8 Å². The van der Waals surface area contributed by atoms with Gasteiger partial charge in [0.2, 0.25) is 0 Å². The average molecular weight is 417 g/mol. The van der Waals surface area contributed by atoms with Crippen molar-refractivity contribution in [3.05, 3.63) is 11.6 Å². The van der Waals surface area contributed by atoms with Crippen LogP contribution in [-0.4, -0.2) is 39.9 Å². The Hall–Kier alpha value is -0.436. The standard InChI is InChI=1S/C21H44O4Si2/c1-16(19(22)23)13-14-18(25-27(11,12)21(6,7)8)15-17(2)24-26(9,10)20(3,4)5/h13,17-18H,14-15H2,1-12H3,(H,22,23)/b16-13+. The van der Waals surface area contributed by atoms with Gasteiger partial charge in [0, 0.05) is 11.7 Å². The summed E-state index contributed by atoms with van der Waals surface area (Å²) in [7, 11) is -3.80. The van der Waals surface area contributed by atoms with Crippen LogP contribution in [0.15, 0.2) is 11.6 Å². The molecule has 0 saturated carbocycles. The lowest BCUT2D eigenvalue weighted by atomic mass is 10.1. The molecular formula is C21H44O4Si2. The molecule has 0 heterocycles. The Morgan fingerprint density at radius 1 is 0.963 bits per heavy atom. The van der Waals surface area contributed by atoms with Gasteiger partial charge in [0.15, 0.2) is 16.6 Å². The largest absolute Gasteiger partial charge is 0.478 e. The molecule has 0 aliphatic rings. The fourth-order valence-corrected chi connectivity index (χ4v) is 5.11. The van der Waals surface area contributed by atoms with Gasteiger partial charge >= 0.3 is 5.97 Å². The van der Waals surface area contributed by atoms with Crippen LogP contribution in [0.2, 0.25) is 36.3 Å². The number of carboxylic acids is 1. The summed E-state index contributed by atoms with van der Waals surface area (Å²) in [4.78, 5) is 11.2. The second-order valence-corrected chi connectivity index (χ2v) is 20.4. The average Bonchev–Trinajstić information content (AvgIpc) is 2.40. The Morgan fingerprint density at radius 3 is 1.74 bits per heavy atom. The molecule has 0 spiro atoms. The number of carbonyl (C=O) groups is 1. The highest BCUT2D eigenvalue weighted by Crippen LogP contribution is 2.40. The van der Waals surface area contributed by atoms with Gasteiger partial charge in [-0.1, -0.05) is 47.6 Å². The predicted molar refractivity (Wildman–Crippen MR) is 120 cm³/mol. The lowest BCUT2D eigenvalue weighted by Crippen LogP contribution is -2.46. The summed E-state index contributed by atoms with van der Waals surface area (Å²) in [5.74, 6) is -0.869. The number of aliphatic carboxylic acids is 1. The Kier molecular flexibility index (Phi) is 9.22. The van der Waals surface area contributed by atoms with E-state index in [4.69, 9.17) is 14.0 Å². The van der Waals surface area contributed by atoms with Gasteiger partial charge in [-0.05, 0) is 63.0 Å². The maximum absolute atomic E-state index is 11.2. The van der Waals surface area contributed by atoms with Crippen LogP contribution in [0.4, 0.5) is 0 Å². The molecule has 0 aromatic carbocycles. The van der Waals surface area contributed by atoms with Crippen molar-refractivity contribution < 1.29 is 18.8 Å². The summed E-state index contributed by atoms with van der Waals surface area (Å²) in [6.07, 6.45) is 3.23. The molecule has 27 heavy (non-hydrogen) atoms. The highest BCUT2D eigenvalue weighted by Gasteiger charge is 2.41. The molecule has 0 bridgehead atoms. The number of hydrogen-bond donors (Lipinski definition) is 1. The van der Waals surface area contributed by atoms with E-state index in [2.05, 4.69) is 74.7 Å². The Morgan fingerprint density at radius 2 is 1.37 bits per heavy atom. The van der Waals surface area contributed by atoms with Gasteiger partial charge in [-0.3, -0.25) is 0 Å². The van der Waals surface area contributed by atoms with E-state index in [1.807, 2.05) is 0 Å². The summed E-state index contributed by atoms with van der Waals surface area (Å²) in [5.41, 5.74) is 0.372. The van der Waals surface area contributed by atoms with Crippen molar-refractivity contribution in [3.8, 4) is 0 Å². The lowest BCUT2D eigenvalue weighted by molar-refractivity contribution is -0.132. The first kappa shape index (κ1) is 26.6. The first-order chi connectivity index (χ1) is 11.8. The maximum Gasteiger partial charge on any atom is 0.330 e.